The quantitative estimate of drug-likeness (QED) is 0.342. The predicted molar refractivity (Wildman–Crippen MR) is 158 cm³/mol. The number of benzene rings is 3. The van der Waals surface area contributed by atoms with Gasteiger partial charge in [0.15, 0.2) is 0 Å². The standard InChI is InChI=1S/C31H39N3O5S/c1-6-28(30(36)32-31(2,3)4)33(21-24-13-9-7-10-14-24)29(35)22-34(40(5,37)38)26-17-19-27(20-18-26)39-23-25-15-11-8-12-16-25/h7-20,28H,6,21-23H2,1-5H3,(H,32,36). The number of carbonyl (C=O) groups excluding carboxylic acids is 2. The summed E-state index contributed by atoms with van der Waals surface area (Å²) >= 11 is 0. The second-order valence-corrected chi connectivity index (χ2v) is 12.6. The summed E-state index contributed by atoms with van der Waals surface area (Å²) < 4.78 is 32.6. The molecule has 0 aliphatic heterocycles. The SMILES string of the molecule is CCC(C(=O)NC(C)(C)C)N(Cc1ccccc1)C(=O)CN(c1ccc(OCc2ccccc2)cc1)S(C)(=O)=O. The molecule has 0 spiro atoms. The molecule has 0 bridgehead atoms. The zero-order chi connectivity index (χ0) is 29.3. The van der Waals surface area contributed by atoms with Crippen molar-refractivity contribution < 1.29 is 22.7 Å². The number of ether oxygens (including phenoxy) is 1. The van der Waals surface area contributed by atoms with Crippen molar-refractivity contribution in [1.29, 1.82) is 0 Å². The van der Waals surface area contributed by atoms with E-state index in [4.69, 9.17) is 4.74 Å². The third kappa shape index (κ3) is 9.12. The van der Waals surface area contributed by atoms with E-state index < -0.39 is 34.1 Å². The molecule has 8 nitrogen and oxygen atoms in total. The highest BCUT2D eigenvalue weighted by molar-refractivity contribution is 7.92. The Balaban J connectivity index is 1.85. The lowest BCUT2D eigenvalue weighted by Crippen LogP contribution is -2.55. The Hall–Kier alpha value is -3.85. The third-order valence-corrected chi connectivity index (χ3v) is 7.27. The van der Waals surface area contributed by atoms with E-state index in [1.165, 1.54) is 4.90 Å². The molecule has 214 valence electrons. The van der Waals surface area contributed by atoms with Crippen LogP contribution in [0.2, 0.25) is 0 Å². The van der Waals surface area contributed by atoms with Crippen LogP contribution in [0.1, 0.15) is 45.2 Å². The molecular weight excluding hydrogens is 526 g/mol. The van der Waals surface area contributed by atoms with E-state index in [0.29, 0.717) is 24.5 Å². The number of hydrogen-bond donors (Lipinski definition) is 1. The first-order valence-electron chi connectivity index (χ1n) is 13.3. The van der Waals surface area contributed by atoms with Crippen molar-refractivity contribution in [2.75, 3.05) is 17.1 Å². The summed E-state index contributed by atoms with van der Waals surface area (Å²) in [5, 5.41) is 2.96. The van der Waals surface area contributed by atoms with Crippen LogP contribution in [0.4, 0.5) is 5.69 Å². The first-order valence-corrected chi connectivity index (χ1v) is 15.1. The average Bonchev–Trinajstić information content (AvgIpc) is 2.90. The molecule has 1 atom stereocenters. The van der Waals surface area contributed by atoms with Gasteiger partial charge in [0.1, 0.15) is 24.9 Å². The molecule has 9 heteroatoms. The van der Waals surface area contributed by atoms with Crippen LogP contribution in [-0.2, 0) is 32.8 Å². The van der Waals surface area contributed by atoms with Gasteiger partial charge >= 0.3 is 0 Å². The Labute approximate surface area is 238 Å². The number of carbonyl (C=O) groups is 2. The lowest BCUT2D eigenvalue weighted by Gasteiger charge is -2.34. The summed E-state index contributed by atoms with van der Waals surface area (Å²) in [7, 11) is -3.82. The fourth-order valence-electron chi connectivity index (χ4n) is 4.22. The van der Waals surface area contributed by atoms with Gasteiger partial charge in [-0.3, -0.25) is 13.9 Å². The van der Waals surface area contributed by atoms with E-state index >= 15 is 0 Å². The van der Waals surface area contributed by atoms with E-state index in [1.807, 2.05) is 88.4 Å². The van der Waals surface area contributed by atoms with Crippen molar-refractivity contribution in [2.24, 2.45) is 0 Å². The number of nitrogens with zero attached hydrogens (tertiary/aromatic N) is 2. The fourth-order valence-corrected chi connectivity index (χ4v) is 5.07. The van der Waals surface area contributed by atoms with Gasteiger partial charge in [-0.1, -0.05) is 67.6 Å². The minimum absolute atomic E-state index is 0.166. The fraction of sp³-hybridized carbons (Fsp3) is 0.355. The smallest absolute Gasteiger partial charge is 0.244 e. The molecule has 0 fully saturated rings. The van der Waals surface area contributed by atoms with Crippen LogP contribution < -0.4 is 14.4 Å². The third-order valence-electron chi connectivity index (χ3n) is 6.13. The van der Waals surface area contributed by atoms with Gasteiger partial charge < -0.3 is 15.0 Å². The van der Waals surface area contributed by atoms with Crippen LogP contribution >= 0.6 is 0 Å². The first kappa shape index (κ1) is 30.7. The molecule has 0 radical (unpaired) electrons. The van der Waals surface area contributed by atoms with E-state index in [2.05, 4.69) is 5.32 Å². The van der Waals surface area contributed by atoms with Gasteiger partial charge in [0, 0.05) is 12.1 Å². The van der Waals surface area contributed by atoms with Crippen LogP contribution in [0.3, 0.4) is 0 Å². The highest BCUT2D eigenvalue weighted by Gasteiger charge is 2.33. The maximum atomic E-state index is 13.8. The molecule has 0 aliphatic carbocycles. The number of anilines is 1. The lowest BCUT2D eigenvalue weighted by molar-refractivity contribution is -0.141. The van der Waals surface area contributed by atoms with Crippen molar-refractivity contribution in [2.45, 2.75) is 58.8 Å². The topological polar surface area (TPSA) is 96.0 Å². The van der Waals surface area contributed by atoms with Crippen LogP contribution in [0.15, 0.2) is 84.9 Å². The van der Waals surface area contributed by atoms with Gasteiger partial charge in [0.05, 0.1) is 11.9 Å². The molecule has 1 N–H and O–H groups in total. The molecule has 3 aromatic carbocycles. The maximum Gasteiger partial charge on any atom is 0.244 e. The molecule has 0 aromatic heterocycles. The van der Waals surface area contributed by atoms with Crippen molar-refractivity contribution >= 4 is 27.5 Å². The van der Waals surface area contributed by atoms with Gasteiger partial charge in [0.2, 0.25) is 21.8 Å². The summed E-state index contributed by atoms with van der Waals surface area (Å²) in [5.41, 5.74) is 1.68. The van der Waals surface area contributed by atoms with Gasteiger partial charge in [-0.25, -0.2) is 8.42 Å². The van der Waals surface area contributed by atoms with Crippen LogP contribution in [0, 0.1) is 0 Å². The average molecular weight is 566 g/mol. The molecule has 0 saturated carbocycles. The molecule has 0 saturated heterocycles. The van der Waals surface area contributed by atoms with E-state index in [0.717, 1.165) is 21.7 Å². The minimum Gasteiger partial charge on any atom is -0.489 e. The summed E-state index contributed by atoms with van der Waals surface area (Å²) in [6, 6.07) is 24.8. The summed E-state index contributed by atoms with van der Waals surface area (Å²) in [6.07, 6.45) is 1.43. The Morgan fingerprint density at radius 2 is 1.43 bits per heavy atom. The summed E-state index contributed by atoms with van der Waals surface area (Å²) in [5.74, 6) is -0.192. The Bertz CT molecular complexity index is 1360. The highest BCUT2D eigenvalue weighted by atomic mass is 32.2. The molecule has 1 unspecified atom stereocenters. The number of nitrogens with one attached hydrogen (secondary N) is 1. The largest absolute Gasteiger partial charge is 0.489 e. The van der Waals surface area contributed by atoms with E-state index in [1.54, 1.807) is 24.3 Å². The molecule has 2 amide bonds. The maximum absolute atomic E-state index is 13.8. The molecule has 3 rings (SSSR count). The minimum atomic E-state index is -3.82. The van der Waals surface area contributed by atoms with Crippen LogP contribution in [0.5, 0.6) is 5.75 Å². The zero-order valence-corrected chi connectivity index (χ0v) is 24.6. The van der Waals surface area contributed by atoms with Crippen molar-refractivity contribution in [3.05, 3.63) is 96.1 Å². The van der Waals surface area contributed by atoms with Crippen molar-refractivity contribution in [3.63, 3.8) is 0 Å². The van der Waals surface area contributed by atoms with E-state index in [-0.39, 0.29) is 12.5 Å². The number of sulfonamides is 1. The molecule has 40 heavy (non-hydrogen) atoms. The van der Waals surface area contributed by atoms with E-state index in [9.17, 15) is 18.0 Å². The number of amides is 2. The van der Waals surface area contributed by atoms with Gasteiger partial charge in [-0.2, -0.15) is 0 Å². The van der Waals surface area contributed by atoms with Crippen molar-refractivity contribution in [3.8, 4) is 5.75 Å². The summed E-state index contributed by atoms with van der Waals surface area (Å²) in [6.45, 7) is 7.55. The lowest BCUT2D eigenvalue weighted by atomic mass is 10.1. The monoisotopic (exact) mass is 565 g/mol. The molecular formula is C31H39N3O5S. The molecule has 0 heterocycles. The second kappa shape index (κ2) is 13.5. The second-order valence-electron chi connectivity index (χ2n) is 10.7. The van der Waals surface area contributed by atoms with Crippen molar-refractivity contribution in [1.82, 2.24) is 10.2 Å². The normalized spacial score (nSPS) is 12.3. The first-order chi connectivity index (χ1) is 18.9. The number of rotatable bonds is 12. The predicted octanol–water partition coefficient (Wildman–Crippen LogP) is 4.75. The Kier molecular flexibility index (Phi) is 10.3. The Morgan fingerprint density at radius 1 is 0.875 bits per heavy atom. The number of hydrogen-bond acceptors (Lipinski definition) is 5. The zero-order valence-electron chi connectivity index (χ0n) is 23.8. The highest BCUT2D eigenvalue weighted by Crippen LogP contribution is 2.23. The molecule has 0 aliphatic rings. The summed E-state index contributed by atoms with van der Waals surface area (Å²) in [4.78, 5) is 28.5. The van der Waals surface area contributed by atoms with Crippen LogP contribution in [0.25, 0.3) is 0 Å². The van der Waals surface area contributed by atoms with Gasteiger partial charge in [-0.05, 0) is 62.6 Å². The molecule has 3 aromatic rings. The Morgan fingerprint density at radius 3 is 1.93 bits per heavy atom. The van der Waals surface area contributed by atoms with Gasteiger partial charge in [0.25, 0.3) is 0 Å². The van der Waals surface area contributed by atoms with Crippen LogP contribution in [-0.4, -0.2) is 49.5 Å². The van der Waals surface area contributed by atoms with Gasteiger partial charge in [-0.15, -0.1) is 0 Å².